The van der Waals surface area contributed by atoms with E-state index >= 15 is 0 Å². The molecule has 0 amide bonds. The molecule has 0 fully saturated rings. The van der Waals surface area contributed by atoms with E-state index < -0.39 is 12.6 Å². The third-order valence-electron chi connectivity index (χ3n) is 2.33. The van der Waals surface area contributed by atoms with Gasteiger partial charge >= 0.3 is 6.18 Å². The Labute approximate surface area is 98.6 Å². The standard InChI is InChI=1S/C11H16F3N3/c1-15-8-9-4-3-6-16-10(9)17(2)7-5-11(12,13)14/h3-4,6,15H,5,7-8H2,1-2H3. The van der Waals surface area contributed by atoms with Crippen LogP contribution in [0.5, 0.6) is 0 Å². The van der Waals surface area contributed by atoms with Gasteiger partial charge in [0.15, 0.2) is 0 Å². The van der Waals surface area contributed by atoms with Gasteiger partial charge in [-0.3, -0.25) is 0 Å². The number of hydrogen-bond donors (Lipinski definition) is 1. The molecule has 96 valence electrons. The molecular weight excluding hydrogens is 231 g/mol. The van der Waals surface area contributed by atoms with Gasteiger partial charge in [-0.15, -0.1) is 0 Å². The molecule has 0 bridgehead atoms. The monoisotopic (exact) mass is 247 g/mol. The molecule has 0 aliphatic rings. The number of pyridine rings is 1. The summed E-state index contributed by atoms with van der Waals surface area (Å²) < 4.78 is 36.4. The van der Waals surface area contributed by atoms with Crippen LogP contribution >= 0.6 is 0 Å². The van der Waals surface area contributed by atoms with Gasteiger partial charge in [-0.05, 0) is 13.1 Å². The summed E-state index contributed by atoms with van der Waals surface area (Å²) in [6.07, 6.45) is -3.39. The summed E-state index contributed by atoms with van der Waals surface area (Å²) in [5.74, 6) is 0.589. The maximum atomic E-state index is 12.1. The summed E-state index contributed by atoms with van der Waals surface area (Å²) in [6.45, 7) is 0.497. The number of nitrogens with zero attached hydrogens (tertiary/aromatic N) is 2. The fourth-order valence-electron chi connectivity index (χ4n) is 1.50. The van der Waals surface area contributed by atoms with E-state index in [4.69, 9.17) is 0 Å². The highest BCUT2D eigenvalue weighted by molar-refractivity contribution is 5.45. The number of halogens is 3. The van der Waals surface area contributed by atoms with Gasteiger partial charge in [0.1, 0.15) is 5.82 Å². The molecular formula is C11H16F3N3. The third kappa shape index (κ3) is 4.60. The average Bonchev–Trinajstić information content (AvgIpc) is 2.26. The fraction of sp³-hybridized carbons (Fsp3) is 0.545. The SMILES string of the molecule is CNCc1cccnc1N(C)CCC(F)(F)F. The summed E-state index contributed by atoms with van der Waals surface area (Å²) in [5.41, 5.74) is 0.889. The van der Waals surface area contributed by atoms with Gasteiger partial charge in [0.25, 0.3) is 0 Å². The summed E-state index contributed by atoms with van der Waals surface area (Å²) in [7, 11) is 3.40. The molecule has 1 N–H and O–H groups in total. The first-order valence-corrected chi connectivity index (χ1v) is 5.30. The van der Waals surface area contributed by atoms with E-state index in [1.54, 1.807) is 26.4 Å². The predicted molar refractivity (Wildman–Crippen MR) is 60.9 cm³/mol. The zero-order valence-corrected chi connectivity index (χ0v) is 9.88. The van der Waals surface area contributed by atoms with E-state index in [1.165, 1.54) is 4.90 Å². The van der Waals surface area contributed by atoms with E-state index in [0.717, 1.165) is 5.56 Å². The molecule has 17 heavy (non-hydrogen) atoms. The minimum absolute atomic E-state index is 0.0861. The zero-order chi connectivity index (χ0) is 12.9. The quantitative estimate of drug-likeness (QED) is 0.864. The van der Waals surface area contributed by atoms with Crippen LogP contribution in [0.4, 0.5) is 19.0 Å². The Morgan fingerprint density at radius 3 is 2.71 bits per heavy atom. The fourth-order valence-corrected chi connectivity index (χ4v) is 1.50. The Morgan fingerprint density at radius 1 is 1.41 bits per heavy atom. The van der Waals surface area contributed by atoms with E-state index in [1.807, 2.05) is 6.07 Å². The zero-order valence-electron chi connectivity index (χ0n) is 9.88. The van der Waals surface area contributed by atoms with Gasteiger partial charge in [0, 0.05) is 31.9 Å². The van der Waals surface area contributed by atoms with Gasteiger partial charge < -0.3 is 10.2 Å². The largest absolute Gasteiger partial charge is 0.390 e. The van der Waals surface area contributed by atoms with E-state index in [-0.39, 0.29) is 6.54 Å². The van der Waals surface area contributed by atoms with E-state index in [2.05, 4.69) is 10.3 Å². The van der Waals surface area contributed by atoms with Crippen molar-refractivity contribution in [3.05, 3.63) is 23.9 Å². The number of rotatable bonds is 5. The van der Waals surface area contributed by atoms with Gasteiger partial charge in [-0.2, -0.15) is 13.2 Å². The molecule has 3 nitrogen and oxygen atoms in total. The average molecular weight is 247 g/mol. The van der Waals surface area contributed by atoms with Crippen LogP contribution in [0.3, 0.4) is 0 Å². The molecule has 0 saturated carbocycles. The van der Waals surface area contributed by atoms with Gasteiger partial charge in [0.2, 0.25) is 0 Å². The Morgan fingerprint density at radius 2 is 2.12 bits per heavy atom. The lowest BCUT2D eigenvalue weighted by Gasteiger charge is -2.21. The summed E-state index contributed by atoms with van der Waals surface area (Å²) in [4.78, 5) is 5.64. The summed E-state index contributed by atoms with van der Waals surface area (Å²) >= 11 is 0. The Balaban J connectivity index is 2.70. The molecule has 0 aromatic carbocycles. The van der Waals surface area contributed by atoms with Crippen LogP contribution in [0.2, 0.25) is 0 Å². The Bertz CT molecular complexity index is 352. The van der Waals surface area contributed by atoms with Crippen molar-refractivity contribution in [3.8, 4) is 0 Å². The lowest BCUT2D eigenvalue weighted by atomic mass is 10.2. The highest BCUT2D eigenvalue weighted by Gasteiger charge is 2.27. The van der Waals surface area contributed by atoms with Crippen LogP contribution < -0.4 is 10.2 Å². The lowest BCUT2D eigenvalue weighted by molar-refractivity contribution is -0.132. The van der Waals surface area contributed by atoms with Crippen LogP contribution in [0.25, 0.3) is 0 Å². The molecule has 0 aliphatic heterocycles. The molecule has 0 unspecified atom stereocenters. The molecule has 0 spiro atoms. The topological polar surface area (TPSA) is 28.2 Å². The second-order valence-electron chi connectivity index (χ2n) is 3.80. The maximum Gasteiger partial charge on any atom is 0.390 e. The first kappa shape index (κ1) is 13.8. The maximum absolute atomic E-state index is 12.1. The highest BCUT2D eigenvalue weighted by Crippen LogP contribution is 2.22. The number of hydrogen-bond acceptors (Lipinski definition) is 3. The van der Waals surface area contributed by atoms with Crippen LogP contribution in [-0.2, 0) is 6.54 Å². The van der Waals surface area contributed by atoms with Crippen molar-refractivity contribution in [3.63, 3.8) is 0 Å². The van der Waals surface area contributed by atoms with E-state index in [9.17, 15) is 13.2 Å². The molecule has 1 rings (SSSR count). The first-order valence-electron chi connectivity index (χ1n) is 5.30. The number of anilines is 1. The summed E-state index contributed by atoms with van der Waals surface area (Å²) in [6, 6.07) is 3.62. The van der Waals surface area contributed by atoms with Crippen molar-refractivity contribution in [1.29, 1.82) is 0 Å². The Kier molecular flexibility index (Phi) is 4.74. The van der Waals surface area contributed by atoms with Crippen LogP contribution in [-0.4, -0.2) is 31.8 Å². The second kappa shape index (κ2) is 5.86. The van der Waals surface area contributed by atoms with Crippen molar-refractivity contribution in [2.24, 2.45) is 0 Å². The lowest BCUT2D eigenvalue weighted by Crippen LogP contribution is -2.26. The molecule has 0 aliphatic carbocycles. The molecule has 1 aromatic rings. The van der Waals surface area contributed by atoms with Crippen molar-refractivity contribution < 1.29 is 13.2 Å². The number of nitrogens with one attached hydrogen (secondary N) is 1. The highest BCUT2D eigenvalue weighted by atomic mass is 19.4. The minimum Gasteiger partial charge on any atom is -0.359 e. The van der Waals surface area contributed by atoms with Crippen LogP contribution in [0.1, 0.15) is 12.0 Å². The molecule has 0 saturated heterocycles. The van der Waals surface area contributed by atoms with Crippen molar-refractivity contribution in [1.82, 2.24) is 10.3 Å². The van der Waals surface area contributed by atoms with Crippen molar-refractivity contribution in [2.45, 2.75) is 19.1 Å². The molecule has 0 atom stereocenters. The third-order valence-corrected chi connectivity index (χ3v) is 2.33. The van der Waals surface area contributed by atoms with Gasteiger partial charge in [0.05, 0.1) is 6.42 Å². The van der Waals surface area contributed by atoms with Gasteiger partial charge in [-0.1, -0.05) is 6.07 Å². The number of alkyl halides is 3. The molecule has 1 heterocycles. The molecule has 0 radical (unpaired) electrons. The second-order valence-corrected chi connectivity index (χ2v) is 3.80. The predicted octanol–water partition coefficient (Wildman–Crippen LogP) is 2.19. The van der Waals surface area contributed by atoms with Crippen LogP contribution in [0.15, 0.2) is 18.3 Å². The van der Waals surface area contributed by atoms with Crippen LogP contribution in [0, 0.1) is 0 Å². The van der Waals surface area contributed by atoms with E-state index in [0.29, 0.717) is 12.4 Å². The molecule has 1 aromatic heterocycles. The first-order chi connectivity index (χ1) is 7.94. The normalized spacial score (nSPS) is 11.6. The number of aromatic nitrogens is 1. The van der Waals surface area contributed by atoms with Gasteiger partial charge in [-0.25, -0.2) is 4.98 Å². The van der Waals surface area contributed by atoms with Crippen molar-refractivity contribution in [2.75, 3.05) is 25.5 Å². The minimum atomic E-state index is -4.13. The molecule has 6 heteroatoms. The smallest absolute Gasteiger partial charge is 0.359 e. The van der Waals surface area contributed by atoms with Crippen molar-refractivity contribution >= 4 is 5.82 Å². The summed E-state index contributed by atoms with van der Waals surface area (Å²) in [5, 5.41) is 2.96. The Hall–Kier alpha value is -1.30.